The van der Waals surface area contributed by atoms with E-state index in [-0.39, 0.29) is 46.9 Å². The minimum Gasteiger partial charge on any atom is -0.490 e. The molecule has 3 heterocycles. The summed E-state index contributed by atoms with van der Waals surface area (Å²) in [5.41, 5.74) is 1.84. The number of benzene rings is 2. The van der Waals surface area contributed by atoms with Gasteiger partial charge in [-0.15, -0.1) is 0 Å². The quantitative estimate of drug-likeness (QED) is 0.259. The van der Waals surface area contributed by atoms with Crippen molar-refractivity contribution in [3.05, 3.63) is 71.4 Å². The molecule has 11 heteroatoms. The van der Waals surface area contributed by atoms with Crippen LogP contribution in [0.4, 0.5) is 15.0 Å². The van der Waals surface area contributed by atoms with Gasteiger partial charge in [0.15, 0.2) is 11.6 Å². The first-order valence-corrected chi connectivity index (χ1v) is 16.3. The van der Waals surface area contributed by atoms with Gasteiger partial charge in [-0.25, -0.2) is 19.2 Å². The molecule has 0 bridgehead atoms. The van der Waals surface area contributed by atoms with Crippen LogP contribution in [0.5, 0.6) is 17.2 Å². The highest BCUT2D eigenvalue weighted by Crippen LogP contribution is 2.52. The lowest BCUT2D eigenvalue weighted by Gasteiger charge is -2.59. The van der Waals surface area contributed by atoms with E-state index in [1.165, 1.54) is 24.5 Å². The lowest BCUT2D eigenvalue weighted by molar-refractivity contribution is -0.0349. The molecule has 250 valence electrons. The van der Waals surface area contributed by atoms with Gasteiger partial charge in [0.25, 0.3) is 5.91 Å². The molecule has 10 nitrogen and oxygen atoms in total. The number of hydrogen-bond acceptors (Lipinski definition) is 8. The highest BCUT2D eigenvalue weighted by Gasteiger charge is 2.54. The summed E-state index contributed by atoms with van der Waals surface area (Å²) in [4.78, 5) is 40.5. The van der Waals surface area contributed by atoms with Crippen LogP contribution in [0.3, 0.4) is 0 Å². The molecule has 1 aliphatic carbocycles. The van der Waals surface area contributed by atoms with E-state index in [0.29, 0.717) is 24.7 Å². The minimum absolute atomic E-state index is 0.0727. The predicted octanol–water partition coefficient (Wildman–Crippen LogP) is 6.97. The number of carbonyl (C=O) groups is 2. The van der Waals surface area contributed by atoms with Gasteiger partial charge in [0.1, 0.15) is 35.3 Å². The SMILES string of the molecule is CC(C)N(C(=O)c1cc(F)ccc1Oc1cncnc1N1CC2(CC(Oc3cccc4c3CN(C(=O)OC(C)(C)C)C4)C2)C1)C(C)C. The van der Waals surface area contributed by atoms with E-state index in [1.807, 2.05) is 66.7 Å². The molecule has 0 unspecified atom stereocenters. The second kappa shape index (κ2) is 12.3. The molecule has 2 aromatic carbocycles. The number of anilines is 1. The summed E-state index contributed by atoms with van der Waals surface area (Å²) in [6.07, 6.45) is 4.63. The molecule has 47 heavy (non-hydrogen) atoms. The molecular weight excluding hydrogens is 601 g/mol. The number of aromatic nitrogens is 2. The zero-order valence-corrected chi connectivity index (χ0v) is 28.2. The van der Waals surface area contributed by atoms with Gasteiger partial charge in [0.2, 0.25) is 0 Å². The van der Waals surface area contributed by atoms with Crippen molar-refractivity contribution < 1.29 is 28.2 Å². The Hall–Kier alpha value is -4.41. The van der Waals surface area contributed by atoms with Gasteiger partial charge in [-0.1, -0.05) is 12.1 Å². The maximum Gasteiger partial charge on any atom is 0.410 e. The zero-order valence-electron chi connectivity index (χ0n) is 28.2. The van der Waals surface area contributed by atoms with Crippen LogP contribution >= 0.6 is 0 Å². The largest absolute Gasteiger partial charge is 0.490 e. The maximum absolute atomic E-state index is 14.4. The van der Waals surface area contributed by atoms with E-state index in [4.69, 9.17) is 14.2 Å². The van der Waals surface area contributed by atoms with Crippen molar-refractivity contribution in [3.8, 4) is 17.2 Å². The molecule has 1 aromatic heterocycles. The first-order valence-electron chi connectivity index (χ1n) is 16.3. The third kappa shape index (κ3) is 6.71. The van der Waals surface area contributed by atoms with E-state index >= 15 is 0 Å². The average molecular weight is 646 g/mol. The molecule has 1 saturated heterocycles. The highest BCUT2D eigenvalue weighted by atomic mass is 19.1. The topological polar surface area (TPSA) is 97.3 Å². The molecule has 0 N–H and O–H groups in total. The van der Waals surface area contributed by atoms with Crippen LogP contribution < -0.4 is 14.4 Å². The molecule has 2 amide bonds. The smallest absolute Gasteiger partial charge is 0.410 e. The Bertz CT molecular complexity index is 1650. The monoisotopic (exact) mass is 645 g/mol. The summed E-state index contributed by atoms with van der Waals surface area (Å²) < 4.78 is 32.7. The van der Waals surface area contributed by atoms with Gasteiger partial charge in [0, 0.05) is 42.7 Å². The standard InChI is InChI=1S/C36H44FN5O5/c1-22(2)42(23(3)4)33(43)27-13-25(37)11-12-30(27)46-31-16-38-21-39-32(31)41-19-36(20-41)14-26(15-36)45-29-10-8-9-24-17-40(18-28(24)29)34(44)47-35(5,6)7/h8-13,16,21-23,26H,14-15,17-20H2,1-7H3. The first kappa shape index (κ1) is 32.5. The number of ether oxygens (including phenoxy) is 3. The number of hydrogen-bond donors (Lipinski definition) is 0. The first-order chi connectivity index (χ1) is 22.2. The third-order valence-electron chi connectivity index (χ3n) is 8.96. The number of carbonyl (C=O) groups excluding carboxylic acids is 2. The van der Waals surface area contributed by atoms with E-state index < -0.39 is 11.4 Å². The van der Waals surface area contributed by atoms with Crippen LogP contribution in [0.1, 0.15) is 82.8 Å². The number of halogens is 1. The van der Waals surface area contributed by atoms with E-state index in [2.05, 4.69) is 14.9 Å². The van der Waals surface area contributed by atoms with Gasteiger partial charge in [-0.2, -0.15) is 0 Å². The predicted molar refractivity (Wildman–Crippen MR) is 175 cm³/mol. The number of rotatable bonds is 8. The lowest BCUT2D eigenvalue weighted by Crippen LogP contribution is -2.65. The second-order valence-corrected chi connectivity index (χ2v) is 14.6. The number of fused-ring (bicyclic) bond motifs is 1. The Kier molecular flexibility index (Phi) is 8.52. The molecule has 2 fully saturated rings. The van der Waals surface area contributed by atoms with Crippen LogP contribution in [0.15, 0.2) is 48.9 Å². The molecule has 2 aliphatic heterocycles. The number of nitrogens with zero attached hydrogens (tertiary/aromatic N) is 5. The molecule has 3 aromatic rings. The van der Waals surface area contributed by atoms with Crippen molar-refractivity contribution in [2.45, 2.75) is 98.2 Å². The Morgan fingerprint density at radius 2 is 1.72 bits per heavy atom. The van der Waals surface area contributed by atoms with Crippen LogP contribution in [0.2, 0.25) is 0 Å². The molecule has 1 saturated carbocycles. The molecular formula is C36H44FN5O5. The lowest BCUT2D eigenvalue weighted by atomic mass is 9.61. The maximum atomic E-state index is 14.4. The van der Waals surface area contributed by atoms with E-state index in [9.17, 15) is 14.0 Å². The van der Waals surface area contributed by atoms with Crippen molar-refractivity contribution in [3.63, 3.8) is 0 Å². The van der Waals surface area contributed by atoms with Crippen molar-refractivity contribution in [1.29, 1.82) is 0 Å². The summed E-state index contributed by atoms with van der Waals surface area (Å²) in [5.74, 6) is 1.31. The van der Waals surface area contributed by atoms with Crippen molar-refractivity contribution in [2.75, 3.05) is 18.0 Å². The van der Waals surface area contributed by atoms with Crippen LogP contribution in [0, 0.1) is 11.2 Å². The second-order valence-electron chi connectivity index (χ2n) is 14.6. The summed E-state index contributed by atoms with van der Waals surface area (Å²) in [6.45, 7) is 15.9. The summed E-state index contributed by atoms with van der Waals surface area (Å²) >= 11 is 0. The highest BCUT2D eigenvalue weighted by molar-refractivity contribution is 5.97. The fraction of sp³-hybridized carbons (Fsp3) is 0.500. The van der Waals surface area contributed by atoms with Crippen LogP contribution in [-0.2, 0) is 17.8 Å². The van der Waals surface area contributed by atoms with Gasteiger partial charge < -0.3 is 24.0 Å². The minimum atomic E-state index is -0.549. The Balaban J connectivity index is 1.09. The van der Waals surface area contributed by atoms with Gasteiger partial charge in [-0.05, 0) is 91.1 Å². The van der Waals surface area contributed by atoms with Crippen LogP contribution in [0.25, 0.3) is 0 Å². The Morgan fingerprint density at radius 1 is 1.00 bits per heavy atom. The van der Waals surface area contributed by atoms with Gasteiger partial charge in [-0.3, -0.25) is 9.69 Å². The fourth-order valence-corrected chi connectivity index (χ4v) is 7.00. The third-order valence-corrected chi connectivity index (χ3v) is 8.96. The molecule has 1 spiro atoms. The Morgan fingerprint density at radius 3 is 2.40 bits per heavy atom. The summed E-state index contributed by atoms with van der Waals surface area (Å²) in [6, 6.07) is 9.85. The molecule has 6 rings (SSSR count). The molecule has 0 radical (unpaired) electrons. The molecule has 3 aliphatic rings. The van der Waals surface area contributed by atoms with Crippen molar-refractivity contribution >= 4 is 17.8 Å². The number of amides is 2. The van der Waals surface area contributed by atoms with Crippen LogP contribution in [-0.4, -0.2) is 68.6 Å². The normalized spacial score (nSPS) is 17.0. The van der Waals surface area contributed by atoms with E-state index in [1.54, 1.807) is 16.0 Å². The zero-order chi connectivity index (χ0) is 33.7. The van der Waals surface area contributed by atoms with E-state index in [0.717, 1.165) is 42.8 Å². The van der Waals surface area contributed by atoms with Gasteiger partial charge >= 0.3 is 6.09 Å². The molecule has 0 atom stereocenters. The summed E-state index contributed by atoms with van der Waals surface area (Å²) in [7, 11) is 0. The van der Waals surface area contributed by atoms with Crippen molar-refractivity contribution in [1.82, 2.24) is 19.8 Å². The Labute approximate surface area is 275 Å². The van der Waals surface area contributed by atoms with Crippen molar-refractivity contribution in [2.24, 2.45) is 5.41 Å². The average Bonchev–Trinajstić information content (AvgIpc) is 3.39. The van der Waals surface area contributed by atoms with Gasteiger partial charge in [0.05, 0.1) is 18.3 Å². The summed E-state index contributed by atoms with van der Waals surface area (Å²) in [5, 5.41) is 0. The fourth-order valence-electron chi connectivity index (χ4n) is 7.00.